The molecule has 5 N–H and O–H groups in total. The zero-order valence-electron chi connectivity index (χ0n) is 20.9. The van der Waals surface area contributed by atoms with Crippen LogP contribution in [0.15, 0.2) is 30.5 Å². The summed E-state index contributed by atoms with van der Waals surface area (Å²) in [5.41, 5.74) is 7.28. The second-order valence-electron chi connectivity index (χ2n) is 11.3. The Balaban J connectivity index is 1.29. The maximum absolute atomic E-state index is 6.08. The van der Waals surface area contributed by atoms with Crippen LogP contribution in [-0.4, -0.2) is 55.3 Å². The number of rotatable bonds is 2. The summed E-state index contributed by atoms with van der Waals surface area (Å²) in [6.07, 6.45) is 13.9. The van der Waals surface area contributed by atoms with E-state index in [1.165, 1.54) is 70.0 Å². The van der Waals surface area contributed by atoms with Gasteiger partial charge in [0.15, 0.2) is 0 Å². The molecule has 2 unspecified atom stereocenters. The minimum absolute atomic E-state index is 0.464. The third-order valence-corrected chi connectivity index (χ3v) is 8.76. The molecule has 0 radical (unpaired) electrons. The lowest BCUT2D eigenvalue weighted by atomic mass is 9.77. The fourth-order valence-electron chi connectivity index (χ4n) is 6.59. The molecule has 6 heteroatoms. The Morgan fingerprint density at radius 1 is 1.00 bits per heavy atom. The van der Waals surface area contributed by atoms with Gasteiger partial charge >= 0.3 is 0 Å². The number of aromatic nitrogens is 1. The van der Waals surface area contributed by atoms with Crippen molar-refractivity contribution in [3.05, 3.63) is 30.5 Å². The molecule has 2 aliphatic carbocycles. The first-order chi connectivity index (χ1) is 16.6. The fraction of sp³-hybridized carbons (Fsp3) is 0.679. The van der Waals surface area contributed by atoms with Gasteiger partial charge in [-0.3, -0.25) is 4.90 Å². The van der Waals surface area contributed by atoms with Crippen molar-refractivity contribution in [1.29, 1.82) is 0 Å². The van der Waals surface area contributed by atoms with Gasteiger partial charge < -0.3 is 21.7 Å². The van der Waals surface area contributed by atoms with Crippen LogP contribution in [0.1, 0.15) is 57.8 Å². The van der Waals surface area contributed by atoms with Gasteiger partial charge in [0.25, 0.3) is 0 Å². The van der Waals surface area contributed by atoms with E-state index in [0.29, 0.717) is 17.9 Å². The van der Waals surface area contributed by atoms with E-state index in [-0.39, 0.29) is 0 Å². The second-order valence-corrected chi connectivity index (χ2v) is 11.3. The van der Waals surface area contributed by atoms with Crippen molar-refractivity contribution in [2.45, 2.75) is 69.9 Å². The normalized spacial score (nSPS) is 32.0. The van der Waals surface area contributed by atoms with Gasteiger partial charge in [-0.1, -0.05) is 19.3 Å². The molecule has 34 heavy (non-hydrogen) atoms. The van der Waals surface area contributed by atoms with Crippen molar-refractivity contribution < 1.29 is 0 Å². The monoisotopic (exact) mass is 464 g/mol. The molecule has 2 aliphatic heterocycles. The third kappa shape index (κ3) is 6.02. The van der Waals surface area contributed by atoms with E-state index in [1.807, 2.05) is 0 Å². The van der Waals surface area contributed by atoms with Crippen LogP contribution in [0.5, 0.6) is 0 Å². The molecule has 2 saturated carbocycles. The molecule has 186 valence electrons. The summed E-state index contributed by atoms with van der Waals surface area (Å²) in [5, 5.41) is 13.9. The van der Waals surface area contributed by atoms with Gasteiger partial charge in [0.2, 0.25) is 0 Å². The maximum atomic E-state index is 6.08. The Hall–Kier alpha value is -1.89. The van der Waals surface area contributed by atoms with E-state index in [0.717, 1.165) is 48.3 Å². The molecular weight excluding hydrogens is 420 g/mol. The lowest BCUT2D eigenvalue weighted by Crippen LogP contribution is -2.45. The van der Waals surface area contributed by atoms with Gasteiger partial charge in [-0.15, -0.1) is 0 Å². The first kappa shape index (κ1) is 23.8. The predicted molar refractivity (Wildman–Crippen MR) is 143 cm³/mol. The molecule has 1 aromatic carbocycles. The number of hydrogen-bond acceptors (Lipinski definition) is 6. The van der Waals surface area contributed by atoms with Crippen molar-refractivity contribution in [3.63, 3.8) is 0 Å². The number of nitrogens with zero attached hydrogens (tertiary/aromatic N) is 2. The van der Waals surface area contributed by atoms with Crippen LogP contribution in [-0.2, 0) is 0 Å². The highest BCUT2D eigenvalue weighted by atomic mass is 15.2. The van der Waals surface area contributed by atoms with Crippen molar-refractivity contribution in [3.8, 4) is 0 Å². The van der Waals surface area contributed by atoms with Gasteiger partial charge in [-0.25, -0.2) is 4.98 Å². The average molecular weight is 465 g/mol. The Labute approximate surface area is 205 Å². The number of benzene rings is 1. The molecule has 6 nitrogen and oxygen atoms in total. The lowest BCUT2D eigenvalue weighted by molar-refractivity contribution is 0.190. The number of nitrogen functional groups attached to an aromatic ring is 1. The Bertz CT molecular complexity index is 924. The smallest absolute Gasteiger partial charge is 0.131 e. The summed E-state index contributed by atoms with van der Waals surface area (Å²) >= 11 is 0. The van der Waals surface area contributed by atoms with Crippen LogP contribution in [0.2, 0.25) is 0 Å². The van der Waals surface area contributed by atoms with E-state index in [1.54, 1.807) is 6.20 Å². The van der Waals surface area contributed by atoms with Crippen molar-refractivity contribution in [1.82, 2.24) is 20.5 Å². The second kappa shape index (κ2) is 11.2. The summed E-state index contributed by atoms with van der Waals surface area (Å²) in [7, 11) is 2.29. The molecule has 0 spiro atoms. The number of hydrogen-bond donors (Lipinski definition) is 4. The average Bonchev–Trinajstić information content (AvgIpc) is 2.86. The highest BCUT2D eigenvalue weighted by Gasteiger charge is 2.29. The molecule has 0 amide bonds. The molecule has 2 aromatic rings. The fourth-order valence-corrected chi connectivity index (χ4v) is 6.59. The van der Waals surface area contributed by atoms with Crippen LogP contribution in [0, 0.1) is 17.8 Å². The van der Waals surface area contributed by atoms with Gasteiger partial charge in [0, 0.05) is 42.6 Å². The Morgan fingerprint density at radius 2 is 1.88 bits per heavy atom. The molecule has 3 heterocycles. The number of pyridine rings is 1. The van der Waals surface area contributed by atoms with E-state index in [4.69, 9.17) is 5.73 Å². The summed E-state index contributed by atoms with van der Waals surface area (Å²) in [6.45, 7) is 4.45. The van der Waals surface area contributed by atoms with Crippen LogP contribution in [0.3, 0.4) is 0 Å². The molecular formula is C28H44N6. The highest BCUT2D eigenvalue weighted by molar-refractivity contribution is 5.92. The highest BCUT2D eigenvalue weighted by Crippen LogP contribution is 2.34. The Morgan fingerprint density at radius 3 is 2.76 bits per heavy atom. The standard InChI is InChI=1S/C28H44N6/c1-34-14-12-20-5-7-22(8-6-20)27(18-30-17-21-3-2-4-24(15-21)32-19-34)33-25-9-10-26-23(16-25)11-13-31-28(26)29/h9-11,13,16,20-22,24,27,30,32-33H,2-8,12,14-15,17-19H2,1H3,(H2,29,31)/t20?,21?,22?,24?,27-/m0/s1. The zero-order chi connectivity index (χ0) is 23.3. The minimum Gasteiger partial charge on any atom is -0.383 e. The zero-order valence-corrected chi connectivity index (χ0v) is 20.9. The predicted octanol–water partition coefficient (Wildman–Crippen LogP) is 4.43. The molecule has 3 atom stereocenters. The van der Waals surface area contributed by atoms with Crippen LogP contribution >= 0.6 is 0 Å². The van der Waals surface area contributed by atoms with Crippen LogP contribution in [0.25, 0.3) is 10.8 Å². The van der Waals surface area contributed by atoms with Gasteiger partial charge in [-0.05, 0) is 106 Å². The largest absolute Gasteiger partial charge is 0.383 e. The summed E-state index contributed by atoms with van der Waals surface area (Å²) < 4.78 is 0. The first-order valence-corrected chi connectivity index (χ1v) is 13.7. The number of anilines is 2. The van der Waals surface area contributed by atoms with E-state index < -0.39 is 0 Å². The maximum Gasteiger partial charge on any atom is 0.131 e. The van der Waals surface area contributed by atoms with Crippen molar-refractivity contribution in [2.24, 2.45) is 17.8 Å². The molecule has 4 bridgehead atoms. The summed E-state index contributed by atoms with van der Waals surface area (Å²) in [5.74, 6) is 3.01. The Kier molecular flexibility index (Phi) is 7.87. The van der Waals surface area contributed by atoms with Crippen molar-refractivity contribution >= 4 is 22.3 Å². The van der Waals surface area contributed by atoms with E-state index in [9.17, 15) is 0 Å². The SMILES string of the molecule is CN1CCC2CCC(CC2)[C@@H](Nc2ccc3c(N)nccc3c2)CNCC2CCCC(C2)NC1. The quantitative estimate of drug-likeness (QED) is 0.527. The van der Waals surface area contributed by atoms with E-state index >= 15 is 0 Å². The van der Waals surface area contributed by atoms with Crippen molar-refractivity contribution in [2.75, 3.05) is 44.4 Å². The first-order valence-electron chi connectivity index (χ1n) is 13.7. The topological polar surface area (TPSA) is 78.2 Å². The molecule has 6 rings (SSSR count). The number of nitrogens with one attached hydrogen (secondary N) is 3. The number of fused-ring (bicyclic) bond motifs is 10. The lowest BCUT2D eigenvalue weighted by Gasteiger charge is -2.37. The summed E-state index contributed by atoms with van der Waals surface area (Å²) in [4.78, 5) is 6.74. The molecule has 4 aliphatic rings. The molecule has 1 aromatic heterocycles. The molecule has 4 fully saturated rings. The summed E-state index contributed by atoms with van der Waals surface area (Å²) in [6, 6.07) is 9.74. The number of nitrogens with two attached hydrogens (primary N) is 1. The van der Waals surface area contributed by atoms with Gasteiger partial charge in [-0.2, -0.15) is 0 Å². The van der Waals surface area contributed by atoms with E-state index in [2.05, 4.69) is 57.1 Å². The van der Waals surface area contributed by atoms with Gasteiger partial charge in [0.1, 0.15) is 5.82 Å². The molecule has 2 saturated heterocycles. The third-order valence-electron chi connectivity index (χ3n) is 8.76. The van der Waals surface area contributed by atoms with Crippen LogP contribution < -0.4 is 21.7 Å². The van der Waals surface area contributed by atoms with Crippen LogP contribution in [0.4, 0.5) is 11.5 Å². The van der Waals surface area contributed by atoms with Gasteiger partial charge in [0.05, 0.1) is 0 Å². The minimum atomic E-state index is 0.464.